The Morgan fingerprint density at radius 2 is 2.00 bits per heavy atom. The molecule has 2 aliphatic rings. The second-order valence-corrected chi connectivity index (χ2v) is 6.13. The zero-order valence-electron chi connectivity index (χ0n) is 12.0. The Morgan fingerprint density at radius 3 is 2.78 bits per heavy atom. The van der Waals surface area contributed by atoms with Gasteiger partial charge in [-0.15, -0.1) is 0 Å². The molecule has 0 aromatic carbocycles. The predicted molar refractivity (Wildman–Crippen MR) is 73.6 cm³/mol. The first-order valence-electron chi connectivity index (χ1n) is 7.74. The first-order valence-corrected chi connectivity index (χ1v) is 7.74. The van der Waals surface area contributed by atoms with Crippen molar-refractivity contribution in [1.29, 1.82) is 0 Å². The molecule has 0 radical (unpaired) electrons. The lowest BCUT2D eigenvalue weighted by molar-refractivity contribution is -0.0679. The smallest absolute Gasteiger partial charge is 0.0674 e. The van der Waals surface area contributed by atoms with Crippen molar-refractivity contribution < 1.29 is 9.84 Å². The molecule has 106 valence electrons. The van der Waals surface area contributed by atoms with Gasteiger partial charge in [-0.05, 0) is 32.1 Å². The molecule has 18 heavy (non-hydrogen) atoms. The van der Waals surface area contributed by atoms with E-state index in [2.05, 4.69) is 18.7 Å². The van der Waals surface area contributed by atoms with Crippen LogP contribution in [0.1, 0.15) is 52.4 Å². The van der Waals surface area contributed by atoms with E-state index in [0.717, 1.165) is 32.5 Å². The van der Waals surface area contributed by atoms with Crippen molar-refractivity contribution in [2.75, 3.05) is 19.7 Å². The van der Waals surface area contributed by atoms with E-state index in [0.29, 0.717) is 18.1 Å². The maximum absolute atomic E-state index is 10.2. The van der Waals surface area contributed by atoms with Crippen LogP contribution in [0.15, 0.2) is 0 Å². The van der Waals surface area contributed by atoms with Gasteiger partial charge in [0.15, 0.2) is 0 Å². The lowest BCUT2D eigenvalue weighted by atomic mass is 9.95. The highest BCUT2D eigenvalue weighted by molar-refractivity contribution is 4.83. The quantitative estimate of drug-likeness (QED) is 0.786. The summed E-state index contributed by atoms with van der Waals surface area (Å²) in [5, 5.41) is 10.2. The Morgan fingerprint density at radius 1 is 1.22 bits per heavy atom. The standard InChI is InChI=1S/C15H29NO2/c1-3-14-11-18-12(2)9-16(14)10-13-7-5-4-6-8-15(13)17/h12-15,17H,3-11H2,1-2H3. The monoisotopic (exact) mass is 255 g/mol. The van der Waals surface area contributed by atoms with Gasteiger partial charge in [0, 0.05) is 19.1 Å². The highest BCUT2D eigenvalue weighted by atomic mass is 16.5. The van der Waals surface area contributed by atoms with Crippen molar-refractivity contribution >= 4 is 0 Å². The van der Waals surface area contributed by atoms with Crippen molar-refractivity contribution in [3.8, 4) is 0 Å². The highest BCUT2D eigenvalue weighted by Gasteiger charge is 2.30. The zero-order valence-corrected chi connectivity index (χ0v) is 12.0. The third-order valence-corrected chi connectivity index (χ3v) is 4.64. The van der Waals surface area contributed by atoms with Gasteiger partial charge in [0.2, 0.25) is 0 Å². The molecule has 3 nitrogen and oxygen atoms in total. The summed E-state index contributed by atoms with van der Waals surface area (Å²) in [5.41, 5.74) is 0. The molecule has 1 aliphatic carbocycles. The predicted octanol–water partition coefficient (Wildman–Crippen LogP) is 2.43. The Kier molecular flexibility index (Phi) is 5.46. The minimum Gasteiger partial charge on any atom is -0.393 e. The van der Waals surface area contributed by atoms with Crippen molar-refractivity contribution in [2.24, 2.45) is 5.92 Å². The third-order valence-electron chi connectivity index (χ3n) is 4.64. The fourth-order valence-electron chi connectivity index (χ4n) is 3.39. The van der Waals surface area contributed by atoms with Crippen LogP contribution in [-0.2, 0) is 4.74 Å². The molecule has 1 aliphatic heterocycles. The van der Waals surface area contributed by atoms with Gasteiger partial charge in [-0.1, -0.05) is 26.2 Å². The fourth-order valence-corrected chi connectivity index (χ4v) is 3.39. The van der Waals surface area contributed by atoms with Crippen LogP contribution in [-0.4, -0.2) is 48.0 Å². The molecule has 2 rings (SSSR count). The Labute approximate surface area is 112 Å². The molecule has 0 aromatic heterocycles. The van der Waals surface area contributed by atoms with E-state index in [1.807, 2.05) is 0 Å². The molecule has 4 unspecified atom stereocenters. The van der Waals surface area contributed by atoms with E-state index < -0.39 is 0 Å². The molecule has 0 amide bonds. The molecular formula is C15H29NO2. The summed E-state index contributed by atoms with van der Waals surface area (Å²) in [6.07, 6.45) is 7.40. The van der Waals surface area contributed by atoms with Gasteiger partial charge in [0.1, 0.15) is 0 Å². The summed E-state index contributed by atoms with van der Waals surface area (Å²) >= 11 is 0. The molecular weight excluding hydrogens is 226 g/mol. The number of hydrogen-bond donors (Lipinski definition) is 1. The number of aliphatic hydroxyl groups is 1. The van der Waals surface area contributed by atoms with Crippen molar-refractivity contribution in [2.45, 2.75) is 70.6 Å². The number of nitrogens with zero attached hydrogens (tertiary/aromatic N) is 1. The summed E-state index contributed by atoms with van der Waals surface area (Å²) in [4.78, 5) is 2.56. The van der Waals surface area contributed by atoms with Crippen LogP contribution in [0.2, 0.25) is 0 Å². The maximum atomic E-state index is 10.2. The summed E-state index contributed by atoms with van der Waals surface area (Å²) < 4.78 is 5.75. The largest absolute Gasteiger partial charge is 0.393 e. The van der Waals surface area contributed by atoms with Crippen molar-refractivity contribution in [3.63, 3.8) is 0 Å². The normalized spacial score (nSPS) is 39.5. The van der Waals surface area contributed by atoms with Gasteiger partial charge in [-0.3, -0.25) is 4.90 Å². The van der Waals surface area contributed by atoms with Crippen LogP contribution in [0.5, 0.6) is 0 Å². The molecule has 4 atom stereocenters. The topological polar surface area (TPSA) is 32.7 Å². The van der Waals surface area contributed by atoms with Crippen molar-refractivity contribution in [3.05, 3.63) is 0 Å². The Balaban J connectivity index is 1.92. The second-order valence-electron chi connectivity index (χ2n) is 6.13. The lowest BCUT2D eigenvalue weighted by Crippen LogP contribution is -2.51. The zero-order chi connectivity index (χ0) is 13.0. The Bertz CT molecular complexity index is 247. The highest BCUT2D eigenvalue weighted by Crippen LogP contribution is 2.26. The van der Waals surface area contributed by atoms with E-state index in [1.165, 1.54) is 25.7 Å². The third kappa shape index (κ3) is 3.69. The number of morpholine rings is 1. The summed E-state index contributed by atoms with van der Waals surface area (Å²) in [6.45, 7) is 7.35. The Hall–Kier alpha value is -0.120. The molecule has 0 aromatic rings. The van der Waals surface area contributed by atoms with Crippen LogP contribution in [0.4, 0.5) is 0 Å². The van der Waals surface area contributed by atoms with Gasteiger partial charge in [-0.2, -0.15) is 0 Å². The molecule has 1 heterocycles. The molecule has 2 fully saturated rings. The molecule has 1 saturated carbocycles. The van der Waals surface area contributed by atoms with Crippen molar-refractivity contribution in [1.82, 2.24) is 4.90 Å². The number of rotatable bonds is 3. The molecule has 1 saturated heterocycles. The average molecular weight is 255 g/mol. The number of hydrogen-bond acceptors (Lipinski definition) is 3. The average Bonchev–Trinajstić information content (AvgIpc) is 2.55. The molecule has 0 spiro atoms. The first kappa shape index (κ1) is 14.3. The number of aliphatic hydroxyl groups excluding tert-OH is 1. The summed E-state index contributed by atoms with van der Waals surface area (Å²) in [7, 11) is 0. The van der Waals surface area contributed by atoms with Gasteiger partial charge >= 0.3 is 0 Å². The van der Waals surface area contributed by atoms with Gasteiger partial charge in [-0.25, -0.2) is 0 Å². The SMILES string of the molecule is CCC1COC(C)CN1CC1CCCCCC1O. The minimum absolute atomic E-state index is 0.0804. The molecule has 0 bridgehead atoms. The second kappa shape index (κ2) is 6.88. The maximum Gasteiger partial charge on any atom is 0.0674 e. The van der Waals surface area contributed by atoms with E-state index in [4.69, 9.17) is 4.74 Å². The first-order chi connectivity index (χ1) is 8.70. The van der Waals surface area contributed by atoms with Gasteiger partial charge < -0.3 is 9.84 Å². The van der Waals surface area contributed by atoms with Gasteiger partial charge in [0.25, 0.3) is 0 Å². The summed E-state index contributed by atoms with van der Waals surface area (Å²) in [5.74, 6) is 0.479. The van der Waals surface area contributed by atoms with E-state index >= 15 is 0 Å². The molecule has 3 heteroatoms. The minimum atomic E-state index is -0.0804. The summed E-state index contributed by atoms with van der Waals surface area (Å²) in [6, 6.07) is 0.552. The van der Waals surface area contributed by atoms with Crippen LogP contribution >= 0.6 is 0 Å². The van der Waals surface area contributed by atoms with Crippen LogP contribution in [0.3, 0.4) is 0 Å². The van der Waals surface area contributed by atoms with Crippen LogP contribution < -0.4 is 0 Å². The van der Waals surface area contributed by atoms with E-state index in [-0.39, 0.29) is 6.10 Å². The van der Waals surface area contributed by atoms with Gasteiger partial charge in [0.05, 0.1) is 18.8 Å². The fraction of sp³-hybridized carbons (Fsp3) is 1.00. The van der Waals surface area contributed by atoms with E-state index in [1.54, 1.807) is 0 Å². The van der Waals surface area contributed by atoms with Crippen LogP contribution in [0, 0.1) is 5.92 Å². The lowest BCUT2D eigenvalue weighted by Gasteiger charge is -2.40. The number of ether oxygens (including phenoxy) is 1. The molecule has 1 N–H and O–H groups in total. The van der Waals surface area contributed by atoms with E-state index in [9.17, 15) is 5.11 Å². The van der Waals surface area contributed by atoms with Crippen LogP contribution in [0.25, 0.3) is 0 Å².